The van der Waals surface area contributed by atoms with E-state index in [1.807, 2.05) is 12.1 Å². The van der Waals surface area contributed by atoms with Crippen LogP contribution in [0.2, 0.25) is 5.02 Å². The zero-order valence-corrected chi connectivity index (χ0v) is 25.5. The molecule has 3 amide bonds. The Kier molecular flexibility index (Phi) is 8.38. The highest BCUT2D eigenvalue weighted by Crippen LogP contribution is 2.43. The summed E-state index contributed by atoms with van der Waals surface area (Å²) >= 11 is 6.74. The van der Waals surface area contributed by atoms with Gasteiger partial charge in [0.05, 0.1) is 23.0 Å². The van der Waals surface area contributed by atoms with Gasteiger partial charge in [0.15, 0.2) is 0 Å². The number of para-hydroxylation sites is 1. The number of hydrogen-bond acceptors (Lipinski definition) is 6. The maximum absolute atomic E-state index is 15.0. The zero-order chi connectivity index (χ0) is 31.7. The fraction of sp³-hybridized carbons (Fsp3) is 0.353. The van der Waals surface area contributed by atoms with Gasteiger partial charge in [-0.2, -0.15) is 5.26 Å². The predicted octanol–water partition coefficient (Wildman–Crippen LogP) is 5.92. The third kappa shape index (κ3) is 6.05. The highest BCUT2D eigenvalue weighted by Gasteiger charge is 2.45. The molecule has 1 saturated carbocycles. The number of aliphatic imine (C=N–C) groups is 1. The van der Waals surface area contributed by atoms with E-state index in [1.165, 1.54) is 28.1 Å². The maximum atomic E-state index is 15.0. The first-order valence-electron chi connectivity index (χ1n) is 15.1. The second kappa shape index (κ2) is 12.4. The molecule has 2 fully saturated rings. The standard InChI is InChI=1S/C34H32ClFN6O3/c1-34(36)15-11-23(12-16-34)40-32(44)31(24-6-2-3-7-25(24)35)42(26-8-4-5-22-14-18-39-30(22)26)33(45)27-9-10-29(43)41(27)28-19-21(20-37)13-17-38-28/h2-8,13,17-19,23,27,31H,9-12,14-16H2,1H3,(H,40,44)/t23?,27-,31?,34?/m0/s1. The summed E-state index contributed by atoms with van der Waals surface area (Å²) in [5, 5.41) is 12.8. The molecule has 2 aromatic carbocycles. The smallest absolute Gasteiger partial charge is 0.251 e. The van der Waals surface area contributed by atoms with Gasteiger partial charge in [0.1, 0.15) is 23.6 Å². The Balaban J connectivity index is 1.47. The average Bonchev–Trinajstić information content (AvgIpc) is 3.68. The van der Waals surface area contributed by atoms with E-state index in [1.54, 1.807) is 43.5 Å². The van der Waals surface area contributed by atoms with Gasteiger partial charge in [-0.1, -0.05) is 41.9 Å². The topological polar surface area (TPSA) is 119 Å². The molecule has 3 aromatic rings. The van der Waals surface area contributed by atoms with E-state index in [-0.39, 0.29) is 35.6 Å². The quantitative estimate of drug-likeness (QED) is 0.349. The number of nitriles is 1. The Morgan fingerprint density at radius 3 is 2.69 bits per heavy atom. The minimum atomic E-state index is -1.29. The van der Waals surface area contributed by atoms with Gasteiger partial charge in [0.2, 0.25) is 11.8 Å². The Morgan fingerprint density at radius 2 is 1.93 bits per heavy atom. The molecule has 6 rings (SSSR count). The zero-order valence-electron chi connectivity index (χ0n) is 24.7. The molecule has 2 aliphatic heterocycles. The van der Waals surface area contributed by atoms with Crippen molar-refractivity contribution in [1.82, 2.24) is 10.3 Å². The number of rotatable bonds is 7. The molecule has 9 nitrogen and oxygen atoms in total. The van der Waals surface area contributed by atoms with Gasteiger partial charge in [0.25, 0.3) is 5.91 Å². The number of benzene rings is 2. The highest BCUT2D eigenvalue weighted by molar-refractivity contribution is 6.32. The van der Waals surface area contributed by atoms with E-state index < -0.39 is 29.6 Å². The molecule has 3 heterocycles. The van der Waals surface area contributed by atoms with Gasteiger partial charge >= 0.3 is 0 Å². The molecule has 230 valence electrons. The number of carbonyl (C=O) groups is 3. The molecule has 1 unspecified atom stereocenters. The normalized spacial score (nSPS) is 22.9. The van der Waals surface area contributed by atoms with Gasteiger partial charge in [0, 0.05) is 41.9 Å². The maximum Gasteiger partial charge on any atom is 0.251 e. The summed E-state index contributed by atoms with van der Waals surface area (Å²) in [6.07, 6.45) is 5.54. The van der Waals surface area contributed by atoms with Crippen molar-refractivity contribution in [3.63, 3.8) is 0 Å². The SMILES string of the molecule is CC1(F)CCC(NC(=O)C(c2ccccc2Cl)N(C(=O)[C@@H]2CCC(=O)N2c2cc(C#N)ccn2)c2cccc3c2N=CC3)CC1. The van der Waals surface area contributed by atoms with Crippen molar-refractivity contribution in [2.75, 3.05) is 9.80 Å². The molecule has 3 aliphatic rings. The number of nitrogens with one attached hydrogen (secondary N) is 1. The van der Waals surface area contributed by atoms with E-state index in [9.17, 15) is 24.0 Å². The van der Waals surface area contributed by atoms with Crippen LogP contribution in [0.15, 0.2) is 65.8 Å². The summed E-state index contributed by atoms with van der Waals surface area (Å²) in [6, 6.07) is 14.8. The van der Waals surface area contributed by atoms with Crippen LogP contribution in [0.1, 0.15) is 68.2 Å². The first-order chi connectivity index (χ1) is 21.7. The average molecular weight is 627 g/mol. The van der Waals surface area contributed by atoms with Crippen LogP contribution in [-0.2, 0) is 20.8 Å². The van der Waals surface area contributed by atoms with Crippen molar-refractivity contribution in [1.29, 1.82) is 5.26 Å². The molecule has 1 aromatic heterocycles. The third-order valence-corrected chi connectivity index (χ3v) is 9.17. The fourth-order valence-corrected chi connectivity index (χ4v) is 6.67. The number of alkyl halides is 1. The number of fused-ring (bicyclic) bond motifs is 1. The fourth-order valence-electron chi connectivity index (χ4n) is 6.43. The third-order valence-electron chi connectivity index (χ3n) is 8.83. The van der Waals surface area contributed by atoms with Crippen molar-refractivity contribution in [3.8, 4) is 6.07 Å². The summed E-state index contributed by atoms with van der Waals surface area (Å²) in [4.78, 5) is 54.3. The lowest BCUT2D eigenvalue weighted by Crippen LogP contribution is -2.53. The summed E-state index contributed by atoms with van der Waals surface area (Å²) in [5.41, 5.74) is 1.26. The van der Waals surface area contributed by atoms with Crippen molar-refractivity contribution in [2.24, 2.45) is 4.99 Å². The minimum absolute atomic E-state index is 0.0841. The van der Waals surface area contributed by atoms with Crippen molar-refractivity contribution in [3.05, 3.63) is 82.5 Å². The van der Waals surface area contributed by atoms with Gasteiger partial charge in [-0.05, 0) is 68.9 Å². The number of hydrogen-bond donors (Lipinski definition) is 1. The van der Waals surface area contributed by atoms with E-state index in [2.05, 4.69) is 21.4 Å². The lowest BCUT2D eigenvalue weighted by atomic mass is 9.85. The number of anilines is 2. The summed E-state index contributed by atoms with van der Waals surface area (Å²) < 4.78 is 14.6. The van der Waals surface area contributed by atoms with Crippen molar-refractivity contribution < 1.29 is 18.8 Å². The molecule has 11 heteroatoms. The number of amides is 3. The molecule has 45 heavy (non-hydrogen) atoms. The Bertz CT molecular complexity index is 1730. The summed E-state index contributed by atoms with van der Waals surface area (Å²) in [7, 11) is 0. The monoisotopic (exact) mass is 626 g/mol. The Labute approximate surface area is 265 Å². The molecule has 0 spiro atoms. The Hall–Kier alpha value is -4.62. The largest absolute Gasteiger partial charge is 0.351 e. The molecular weight excluding hydrogens is 595 g/mol. The van der Waals surface area contributed by atoms with Crippen LogP contribution < -0.4 is 15.1 Å². The number of carbonyl (C=O) groups excluding carboxylic acids is 3. The summed E-state index contributed by atoms with van der Waals surface area (Å²) in [6.45, 7) is 1.57. The number of aromatic nitrogens is 1. The second-order valence-corrected chi connectivity index (χ2v) is 12.4. The van der Waals surface area contributed by atoms with Crippen LogP contribution in [0.3, 0.4) is 0 Å². The molecular formula is C34H32ClFN6O3. The number of halogens is 2. The van der Waals surface area contributed by atoms with Crippen LogP contribution in [0.4, 0.5) is 21.6 Å². The van der Waals surface area contributed by atoms with E-state index in [0.717, 1.165) is 5.56 Å². The van der Waals surface area contributed by atoms with E-state index in [0.29, 0.717) is 54.6 Å². The van der Waals surface area contributed by atoms with E-state index >= 15 is 0 Å². The van der Waals surface area contributed by atoms with Gasteiger partial charge < -0.3 is 5.32 Å². The van der Waals surface area contributed by atoms with Crippen molar-refractivity contribution in [2.45, 2.75) is 75.7 Å². The van der Waals surface area contributed by atoms with Crippen LogP contribution in [0, 0.1) is 11.3 Å². The summed E-state index contributed by atoms with van der Waals surface area (Å²) in [5.74, 6) is -1.12. The molecule has 1 saturated heterocycles. The van der Waals surface area contributed by atoms with Gasteiger partial charge in [-0.3, -0.25) is 29.2 Å². The predicted molar refractivity (Wildman–Crippen MR) is 169 cm³/mol. The van der Waals surface area contributed by atoms with Crippen LogP contribution >= 0.6 is 11.6 Å². The first kappa shape index (κ1) is 30.4. The molecule has 0 radical (unpaired) electrons. The highest BCUT2D eigenvalue weighted by atomic mass is 35.5. The minimum Gasteiger partial charge on any atom is -0.351 e. The van der Waals surface area contributed by atoms with Crippen molar-refractivity contribution >= 4 is 52.7 Å². The van der Waals surface area contributed by atoms with Gasteiger partial charge in [-0.15, -0.1) is 0 Å². The van der Waals surface area contributed by atoms with Crippen LogP contribution in [0.25, 0.3) is 0 Å². The number of nitrogens with zero attached hydrogens (tertiary/aromatic N) is 5. The van der Waals surface area contributed by atoms with Crippen LogP contribution in [0.5, 0.6) is 0 Å². The van der Waals surface area contributed by atoms with Crippen LogP contribution in [-0.4, -0.2) is 46.7 Å². The first-order valence-corrected chi connectivity index (χ1v) is 15.4. The Morgan fingerprint density at radius 1 is 1.16 bits per heavy atom. The molecule has 1 aliphatic carbocycles. The molecule has 1 N–H and O–H groups in total. The number of pyridine rings is 1. The molecule has 0 bridgehead atoms. The lowest BCUT2D eigenvalue weighted by Gasteiger charge is -2.38. The van der Waals surface area contributed by atoms with Gasteiger partial charge in [-0.25, -0.2) is 9.37 Å². The molecule has 2 atom stereocenters. The lowest BCUT2D eigenvalue weighted by molar-refractivity contribution is -0.128. The second-order valence-electron chi connectivity index (χ2n) is 12.0. The van der Waals surface area contributed by atoms with E-state index in [4.69, 9.17) is 11.6 Å².